The van der Waals surface area contributed by atoms with Gasteiger partial charge in [-0.2, -0.15) is 0 Å². The minimum absolute atomic E-state index is 0.0836. The number of Topliss-reactive ketones (excluding diaryl/α,β-unsaturated/α-hetero) is 1. The maximum Gasteiger partial charge on any atom is 0.228 e. The summed E-state index contributed by atoms with van der Waals surface area (Å²) >= 11 is 1.26. The van der Waals surface area contributed by atoms with E-state index in [4.69, 9.17) is 0 Å². The minimum atomic E-state index is -0.0914. The Hall–Kier alpha value is -1.23. The topological polar surface area (TPSA) is 59.1 Å². The number of amides is 1. The van der Waals surface area contributed by atoms with Crippen molar-refractivity contribution < 1.29 is 9.59 Å². The number of anilines is 1. The van der Waals surface area contributed by atoms with Gasteiger partial charge in [0.25, 0.3) is 0 Å². The molecular formula is C9H12N2O2S. The van der Waals surface area contributed by atoms with Gasteiger partial charge >= 0.3 is 0 Å². The van der Waals surface area contributed by atoms with Gasteiger partial charge in [-0.05, 0) is 0 Å². The van der Waals surface area contributed by atoms with E-state index in [1.54, 1.807) is 19.2 Å². The second kappa shape index (κ2) is 4.32. The first kappa shape index (κ1) is 10.8. The van der Waals surface area contributed by atoms with Crippen LogP contribution in [0.4, 0.5) is 5.13 Å². The predicted octanol–water partition coefficient (Wildman–Crippen LogP) is 1.94. The first-order chi connectivity index (χ1) is 6.50. The summed E-state index contributed by atoms with van der Waals surface area (Å²) in [5, 5.41) is 4.75. The first-order valence-electron chi connectivity index (χ1n) is 4.28. The molecule has 1 aromatic rings. The summed E-state index contributed by atoms with van der Waals surface area (Å²) in [6.07, 6.45) is 0. The fraction of sp³-hybridized carbons (Fsp3) is 0.444. The van der Waals surface area contributed by atoms with Crippen molar-refractivity contribution >= 4 is 28.2 Å². The largest absolute Gasteiger partial charge is 0.302 e. The Kier molecular flexibility index (Phi) is 3.35. The summed E-state index contributed by atoms with van der Waals surface area (Å²) in [4.78, 5) is 26.1. The fourth-order valence-electron chi connectivity index (χ4n) is 0.743. The van der Waals surface area contributed by atoms with E-state index < -0.39 is 0 Å². The molecule has 0 bridgehead atoms. The number of thiazole rings is 1. The lowest BCUT2D eigenvalue weighted by Gasteiger charge is -2.02. The second-order valence-electron chi connectivity index (χ2n) is 3.24. The van der Waals surface area contributed by atoms with Crippen LogP contribution in [0, 0.1) is 5.92 Å². The van der Waals surface area contributed by atoms with Gasteiger partial charge in [0, 0.05) is 18.2 Å². The smallest absolute Gasteiger partial charge is 0.228 e. The van der Waals surface area contributed by atoms with Crippen molar-refractivity contribution in [3.8, 4) is 0 Å². The molecule has 0 saturated heterocycles. The average Bonchev–Trinajstić information content (AvgIpc) is 2.52. The highest BCUT2D eigenvalue weighted by Crippen LogP contribution is 2.16. The Labute approximate surface area is 86.4 Å². The zero-order chi connectivity index (χ0) is 10.7. The van der Waals surface area contributed by atoms with Crippen molar-refractivity contribution in [1.29, 1.82) is 0 Å². The first-order valence-corrected chi connectivity index (χ1v) is 5.16. The predicted molar refractivity (Wildman–Crippen MR) is 55.6 cm³/mol. The maximum absolute atomic E-state index is 11.3. The van der Waals surface area contributed by atoms with E-state index in [1.807, 2.05) is 0 Å². The zero-order valence-corrected chi connectivity index (χ0v) is 9.14. The molecule has 5 heteroatoms. The number of aromatic nitrogens is 1. The van der Waals surface area contributed by atoms with Crippen LogP contribution in [0.1, 0.15) is 31.3 Å². The highest BCUT2D eigenvalue weighted by Gasteiger charge is 2.11. The highest BCUT2D eigenvalue weighted by atomic mass is 32.1. The molecule has 0 aliphatic rings. The molecule has 0 aliphatic heterocycles. The molecule has 76 valence electrons. The summed E-state index contributed by atoms with van der Waals surface area (Å²) in [6, 6.07) is 0. The summed E-state index contributed by atoms with van der Waals surface area (Å²) in [7, 11) is 0. The van der Waals surface area contributed by atoms with E-state index in [1.165, 1.54) is 18.3 Å². The third-order valence-corrected chi connectivity index (χ3v) is 2.38. The van der Waals surface area contributed by atoms with E-state index in [9.17, 15) is 9.59 Å². The van der Waals surface area contributed by atoms with Crippen molar-refractivity contribution in [2.75, 3.05) is 5.32 Å². The number of nitrogens with one attached hydrogen (secondary N) is 1. The van der Waals surface area contributed by atoms with Gasteiger partial charge in [0.2, 0.25) is 5.91 Å². The lowest BCUT2D eigenvalue weighted by molar-refractivity contribution is -0.118. The van der Waals surface area contributed by atoms with Gasteiger partial charge < -0.3 is 5.32 Å². The monoisotopic (exact) mass is 212 g/mol. The molecule has 0 fully saturated rings. The zero-order valence-electron chi connectivity index (χ0n) is 8.33. The lowest BCUT2D eigenvalue weighted by atomic mass is 10.2. The Morgan fingerprint density at radius 2 is 2.14 bits per heavy atom. The molecule has 0 spiro atoms. The number of ketones is 1. The van der Waals surface area contributed by atoms with Crippen molar-refractivity contribution in [2.45, 2.75) is 20.8 Å². The minimum Gasteiger partial charge on any atom is -0.302 e. The molecule has 0 atom stereocenters. The lowest BCUT2D eigenvalue weighted by Crippen LogP contribution is -2.17. The van der Waals surface area contributed by atoms with E-state index in [-0.39, 0.29) is 17.6 Å². The molecule has 4 nitrogen and oxygen atoms in total. The normalized spacial score (nSPS) is 10.3. The molecule has 1 rings (SSSR count). The van der Waals surface area contributed by atoms with Crippen LogP contribution in [0.3, 0.4) is 0 Å². The van der Waals surface area contributed by atoms with E-state index in [0.717, 1.165) is 0 Å². The Morgan fingerprint density at radius 1 is 1.50 bits per heavy atom. The van der Waals surface area contributed by atoms with Gasteiger partial charge in [-0.25, -0.2) is 4.98 Å². The van der Waals surface area contributed by atoms with Gasteiger partial charge in [-0.15, -0.1) is 11.3 Å². The van der Waals surface area contributed by atoms with Gasteiger partial charge in [-0.3, -0.25) is 9.59 Å². The summed E-state index contributed by atoms with van der Waals surface area (Å²) < 4.78 is 0. The van der Waals surface area contributed by atoms with Crippen LogP contribution in [0.25, 0.3) is 0 Å². The molecule has 0 aliphatic carbocycles. The fourth-order valence-corrected chi connectivity index (χ4v) is 1.50. The van der Waals surface area contributed by atoms with Crippen LogP contribution >= 0.6 is 11.3 Å². The third-order valence-electron chi connectivity index (χ3n) is 1.62. The van der Waals surface area contributed by atoms with Crippen molar-refractivity contribution in [3.63, 3.8) is 0 Å². The van der Waals surface area contributed by atoms with E-state index >= 15 is 0 Å². The third kappa shape index (κ3) is 2.63. The average molecular weight is 212 g/mol. The van der Waals surface area contributed by atoms with Crippen LogP contribution in [-0.2, 0) is 4.79 Å². The number of carbonyl (C=O) groups excluding carboxylic acids is 2. The number of hydrogen-bond donors (Lipinski definition) is 1. The summed E-state index contributed by atoms with van der Waals surface area (Å²) in [5.74, 6) is -0.263. The van der Waals surface area contributed by atoms with Gasteiger partial charge in [-0.1, -0.05) is 13.8 Å². The molecule has 1 heterocycles. The molecule has 0 unspecified atom stereocenters. The van der Waals surface area contributed by atoms with E-state index in [2.05, 4.69) is 10.3 Å². The van der Waals surface area contributed by atoms with Gasteiger partial charge in [0.1, 0.15) is 5.69 Å². The molecule has 0 aromatic carbocycles. The van der Waals surface area contributed by atoms with Crippen molar-refractivity contribution in [1.82, 2.24) is 4.98 Å². The molecule has 0 saturated carbocycles. The number of nitrogens with zero attached hydrogens (tertiary/aromatic N) is 1. The molecule has 1 amide bonds. The van der Waals surface area contributed by atoms with Crippen LogP contribution in [0.15, 0.2) is 5.38 Å². The summed E-state index contributed by atoms with van der Waals surface area (Å²) in [6.45, 7) is 5.05. The summed E-state index contributed by atoms with van der Waals surface area (Å²) in [5.41, 5.74) is 0.397. The SMILES string of the molecule is CC(=O)c1csc(NC(=O)C(C)C)n1. The van der Waals surface area contributed by atoms with Crippen LogP contribution in [0.5, 0.6) is 0 Å². The van der Waals surface area contributed by atoms with Gasteiger partial charge in [0.15, 0.2) is 10.9 Å². The number of hydrogen-bond acceptors (Lipinski definition) is 4. The molecule has 1 aromatic heterocycles. The van der Waals surface area contributed by atoms with Crippen molar-refractivity contribution in [3.05, 3.63) is 11.1 Å². The molecular weight excluding hydrogens is 200 g/mol. The highest BCUT2D eigenvalue weighted by molar-refractivity contribution is 7.14. The number of rotatable bonds is 3. The quantitative estimate of drug-likeness (QED) is 0.779. The second-order valence-corrected chi connectivity index (χ2v) is 4.10. The molecule has 1 N–H and O–H groups in total. The Bertz CT molecular complexity index is 357. The van der Waals surface area contributed by atoms with Crippen LogP contribution < -0.4 is 5.32 Å². The maximum atomic E-state index is 11.3. The number of carbonyl (C=O) groups is 2. The Morgan fingerprint density at radius 3 is 2.57 bits per heavy atom. The van der Waals surface area contributed by atoms with Crippen LogP contribution in [-0.4, -0.2) is 16.7 Å². The van der Waals surface area contributed by atoms with E-state index in [0.29, 0.717) is 10.8 Å². The Balaban J connectivity index is 2.69. The molecule has 14 heavy (non-hydrogen) atoms. The van der Waals surface area contributed by atoms with Crippen LogP contribution in [0.2, 0.25) is 0 Å². The standard InChI is InChI=1S/C9H12N2O2S/c1-5(2)8(13)11-9-10-7(4-14-9)6(3)12/h4-5H,1-3H3,(H,10,11,13). The van der Waals surface area contributed by atoms with Gasteiger partial charge in [0.05, 0.1) is 0 Å². The molecule has 0 radical (unpaired) electrons. The van der Waals surface area contributed by atoms with Crippen molar-refractivity contribution in [2.24, 2.45) is 5.92 Å².